The molecule has 2 heterocycles. The molecule has 1 amide bonds. The van der Waals surface area contributed by atoms with E-state index in [9.17, 15) is 4.79 Å². The standard InChI is InChI=1S/C22H19N3O2/c1-14-15(2)23-20(12-17(14)16-8-4-3-5-9-16)25-21(26)13-22-24-18-10-6-7-11-19(18)27-22/h3-12H,13H2,1-2H3,(H,23,25,26). The Morgan fingerprint density at radius 2 is 1.74 bits per heavy atom. The van der Waals surface area contributed by atoms with Crippen LogP contribution < -0.4 is 5.32 Å². The summed E-state index contributed by atoms with van der Waals surface area (Å²) in [4.78, 5) is 21.3. The minimum atomic E-state index is -0.212. The molecule has 4 aromatic rings. The van der Waals surface area contributed by atoms with E-state index in [-0.39, 0.29) is 12.3 Å². The number of aryl methyl sites for hydroxylation is 1. The molecule has 0 radical (unpaired) electrons. The molecule has 5 heteroatoms. The largest absolute Gasteiger partial charge is 0.440 e. The van der Waals surface area contributed by atoms with Crippen LogP contribution in [0.25, 0.3) is 22.2 Å². The predicted molar refractivity (Wildman–Crippen MR) is 105 cm³/mol. The molecule has 27 heavy (non-hydrogen) atoms. The second-order valence-corrected chi connectivity index (χ2v) is 6.43. The normalized spacial score (nSPS) is 10.9. The van der Waals surface area contributed by atoms with Gasteiger partial charge in [0.25, 0.3) is 0 Å². The first-order valence-electron chi connectivity index (χ1n) is 8.78. The number of carbonyl (C=O) groups excluding carboxylic acids is 1. The number of nitrogens with zero attached hydrogens (tertiary/aromatic N) is 2. The molecule has 0 spiro atoms. The number of oxazole rings is 1. The van der Waals surface area contributed by atoms with Gasteiger partial charge >= 0.3 is 0 Å². The van der Waals surface area contributed by atoms with E-state index in [2.05, 4.69) is 15.3 Å². The minimum absolute atomic E-state index is 0.0595. The molecule has 0 fully saturated rings. The zero-order valence-electron chi connectivity index (χ0n) is 15.2. The Balaban J connectivity index is 1.56. The van der Waals surface area contributed by atoms with Gasteiger partial charge in [0.15, 0.2) is 5.58 Å². The molecule has 0 saturated carbocycles. The highest BCUT2D eigenvalue weighted by Gasteiger charge is 2.13. The van der Waals surface area contributed by atoms with E-state index in [0.717, 1.165) is 27.9 Å². The Labute approximate surface area is 157 Å². The molecule has 0 aliphatic carbocycles. The number of pyridine rings is 1. The van der Waals surface area contributed by atoms with E-state index >= 15 is 0 Å². The van der Waals surface area contributed by atoms with Crippen molar-refractivity contribution in [1.82, 2.24) is 9.97 Å². The van der Waals surface area contributed by atoms with Crippen LogP contribution in [-0.2, 0) is 11.2 Å². The fraction of sp³-hybridized carbons (Fsp3) is 0.136. The van der Waals surface area contributed by atoms with Crippen molar-refractivity contribution in [3.63, 3.8) is 0 Å². The lowest BCUT2D eigenvalue weighted by Crippen LogP contribution is -2.16. The number of hydrogen-bond acceptors (Lipinski definition) is 4. The number of nitrogens with one attached hydrogen (secondary N) is 1. The molecule has 0 atom stereocenters. The molecule has 2 aromatic carbocycles. The summed E-state index contributed by atoms with van der Waals surface area (Å²) in [5.41, 5.74) is 5.55. The van der Waals surface area contributed by atoms with Gasteiger partial charge in [-0.25, -0.2) is 9.97 Å². The van der Waals surface area contributed by atoms with Crippen LogP contribution in [0.1, 0.15) is 17.1 Å². The fourth-order valence-corrected chi connectivity index (χ4v) is 3.04. The van der Waals surface area contributed by atoms with Gasteiger partial charge in [-0.05, 0) is 48.7 Å². The van der Waals surface area contributed by atoms with E-state index in [1.807, 2.05) is 74.5 Å². The van der Waals surface area contributed by atoms with Gasteiger partial charge in [-0.1, -0.05) is 42.5 Å². The molecule has 0 aliphatic rings. The van der Waals surface area contributed by atoms with Gasteiger partial charge in [0.1, 0.15) is 17.8 Å². The second kappa shape index (κ2) is 7.03. The molecular formula is C22H19N3O2. The van der Waals surface area contributed by atoms with Crippen LogP contribution >= 0.6 is 0 Å². The number of rotatable bonds is 4. The van der Waals surface area contributed by atoms with Crippen LogP contribution in [0.15, 0.2) is 65.1 Å². The minimum Gasteiger partial charge on any atom is -0.440 e. The number of aromatic nitrogens is 2. The zero-order valence-corrected chi connectivity index (χ0v) is 15.2. The first-order chi connectivity index (χ1) is 13.1. The summed E-state index contributed by atoms with van der Waals surface area (Å²) in [5.74, 6) is 0.704. The molecular weight excluding hydrogens is 338 g/mol. The maximum atomic E-state index is 12.5. The highest BCUT2D eigenvalue weighted by Crippen LogP contribution is 2.27. The Kier molecular flexibility index (Phi) is 4.42. The Bertz CT molecular complexity index is 1080. The van der Waals surface area contributed by atoms with Gasteiger partial charge in [0, 0.05) is 5.69 Å². The third kappa shape index (κ3) is 3.58. The molecule has 4 rings (SSSR count). The highest BCUT2D eigenvalue weighted by atomic mass is 16.3. The molecule has 0 saturated heterocycles. The summed E-state index contributed by atoms with van der Waals surface area (Å²) in [6, 6.07) is 19.4. The number of amides is 1. The SMILES string of the molecule is Cc1nc(NC(=O)Cc2nc3ccccc3o2)cc(-c2ccccc2)c1C. The Morgan fingerprint density at radius 3 is 2.52 bits per heavy atom. The third-order valence-electron chi connectivity index (χ3n) is 4.52. The number of fused-ring (bicyclic) bond motifs is 1. The van der Waals surface area contributed by atoms with Gasteiger partial charge in [-0.3, -0.25) is 4.79 Å². The van der Waals surface area contributed by atoms with Gasteiger partial charge in [0.2, 0.25) is 11.8 Å². The lowest BCUT2D eigenvalue weighted by atomic mass is 10.0. The molecule has 0 aliphatic heterocycles. The molecule has 0 bridgehead atoms. The molecule has 0 unspecified atom stereocenters. The third-order valence-corrected chi connectivity index (χ3v) is 4.52. The van der Waals surface area contributed by atoms with E-state index in [1.165, 1.54) is 0 Å². The quantitative estimate of drug-likeness (QED) is 0.575. The summed E-state index contributed by atoms with van der Waals surface area (Å²) < 4.78 is 5.62. The van der Waals surface area contributed by atoms with Gasteiger partial charge < -0.3 is 9.73 Å². The summed E-state index contributed by atoms with van der Waals surface area (Å²) in [6.07, 6.45) is 0.0595. The molecule has 1 N–H and O–H groups in total. The Hall–Kier alpha value is -3.47. The second-order valence-electron chi connectivity index (χ2n) is 6.43. The van der Waals surface area contributed by atoms with Crippen molar-refractivity contribution in [1.29, 1.82) is 0 Å². The van der Waals surface area contributed by atoms with E-state index < -0.39 is 0 Å². The van der Waals surface area contributed by atoms with Crippen molar-refractivity contribution in [3.05, 3.63) is 77.8 Å². The summed E-state index contributed by atoms with van der Waals surface area (Å²) in [7, 11) is 0. The maximum absolute atomic E-state index is 12.5. The van der Waals surface area contributed by atoms with Crippen LogP contribution in [0.4, 0.5) is 5.82 Å². The van der Waals surface area contributed by atoms with Crippen LogP contribution in [0, 0.1) is 13.8 Å². The number of para-hydroxylation sites is 2. The highest BCUT2D eigenvalue weighted by molar-refractivity contribution is 5.92. The first-order valence-corrected chi connectivity index (χ1v) is 8.78. The van der Waals surface area contributed by atoms with Gasteiger partial charge in [-0.2, -0.15) is 0 Å². The van der Waals surface area contributed by atoms with Crippen LogP contribution in [-0.4, -0.2) is 15.9 Å². The van der Waals surface area contributed by atoms with E-state index in [4.69, 9.17) is 4.42 Å². The maximum Gasteiger partial charge on any atom is 0.234 e. The van der Waals surface area contributed by atoms with Crippen molar-refractivity contribution < 1.29 is 9.21 Å². The number of benzene rings is 2. The Morgan fingerprint density at radius 1 is 1.00 bits per heavy atom. The van der Waals surface area contributed by atoms with Crippen LogP contribution in [0.2, 0.25) is 0 Å². The van der Waals surface area contributed by atoms with Crippen molar-refractivity contribution in [3.8, 4) is 11.1 Å². The smallest absolute Gasteiger partial charge is 0.234 e. The summed E-state index contributed by atoms with van der Waals surface area (Å²) in [6.45, 7) is 3.98. The average Bonchev–Trinajstić information content (AvgIpc) is 3.07. The van der Waals surface area contributed by atoms with Crippen molar-refractivity contribution >= 4 is 22.8 Å². The van der Waals surface area contributed by atoms with Gasteiger partial charge in [-0.15, -0.1) is 0 Å². The average molecular weight is 357 g/mol. The lowest BCUT2D eigenvalue weighted by molar-refractivity contribution is -0.115. The zero-order chi connectivity index (χ0) is 18.8. The summed E-state index contributed by atoms with van der Waals surface area (Å²) >= 11 is 0. The fourth-order valence-electron chi connectivity index (χ4n) is 3.04. The van der Waals surface area contributed by atoms with E-state index in [1.54, 1.807) is 0 Å². The topological polar surface area (TPSA) is 68.0 Å². The van der Waals surface area contributed by atoms with E-state index in [0.29, 0.717) is 17.3 Å². The molecule has 2 aromatic heterocycles. The molecule has 134 valence electrons. The number of anilines is 1. The van der Waals surface area contributed by atoms with Crippen LogP contribution in [0.5, 0.6) is 0 Å². The van der Waals surface area contributed by atoms with Crippen molar-refractivity contribution in [2.75, 3.05) is 5.32 Å². The predicted octanol–water partition coefficient (Wildman–Crippen LogP) is 4.69. The summed E-state index contributed by atoms with van der Waals surface area (Å²) in [5, 5.41) is 2.86. The number of carbonyl (C=O) groups is 1. The lowest BCUT2D eigenvalue weighted by Gasteiger charge is -2.12. The van der Waals surface area contributed by atoms with Gasteiger partial charge in [0.05, 0.1) is 0 Å². The van der Waals surface area contributed by atoms with Crippen molar-refractivity contribution in [2.24, 2.45) is 0 Å². The first kappa shape index (κ1) is 17.0. The molecule has 5 nitrogen and oxygen atoms in total. The van der Waals surface area contributed by atoms with Crippen LogP contribution in [0.3, 0.4) is 0 Å². The monoisotopic (exact) mass is 357 g/mol. The number of hydrogen-bond donors (Lipinski definition) is 1. The van der Waals surface area contributed by atoms with Crippen molar-refractivity contribution in [2.45, 2.75) is 20.3 Å².